The predicted octanol–water partition coefficient (Wildman–Crippen LogP) is 1.79. The molecule has 0 N–H and O–H groups in total. The van der Waals surface area contributed by atoms with Crippen LogP contribution in [0.5, 0.6) is 0 Å². The van der Waals surface area contributed by atoms with Gasteiger partial charge in [0, 0.05) is 12.6 Å². The second-order valence-electron chi connectivity index (χ2n) is 4.03. The normalized spacial score (nSPS) is 23.5. The molecule has 3 heteroatoms. The molecular weight excluding hydrogens is 178 g/mol. The van der Waals surface area contributed by atoms with Crippen molar-refractivity contribution in [1.29, 1.82) is 0 Å². The number of rotatable bonds is 3. The van der Waals surface area contributed by atoms with Crippen LogP contribution < -0.4 is 0 Å². The summed E-state index contributed by atoms with van der Waals surface area (Å²) in [6.07, 6.45) is 3.24. The van der Waals surface area contributed by atoms with Gasteiger partial charge in [-0.05, 0) is 33.2 Å². The Labute approximate surface area is 85.7 Å². The molecular formula is C11H19NO2. The minimum atomic E-state index is -0.134. The lowest BCUT2D eigenvalue weighted by molar-refractivity contribution is -0.144. The van der Waals surface area contributed by atoms with Crippen molar-refractivity contribution in [3.63, 3.8) is 0 Å². The Bertz CT molecular complexity index is 213. The highest BCUT2D eigenvalue weighted by Crippen LogP contribution is 2.19. The van der Waals surface area contributed by atoms with Crippen molar-refractivity contribution in [3.05, 3.63) is 12.8 Å². The Morgan fingerprint density at radius 2 is 2.36 bits per heavy atom. The number of likely N-dealkylation sites (tertiary alicyclic amines) is 1. The average molecular weight is 197 g/mol. The lowest BCUT2D eigenvalue weighted by Gasteiger charge is -2.33. The van der Waals surface area contributed by atoms with Gasteiger partial charge >= 0.3 is 5.97 Å². The van der Waals surface area contributed by atoms with Crippen molar-refractivity contribution in [3.8, 4) is 0 Å². The Kier molecular flexibility index (Phi) is 4.14. The number of hydrogen-bond donors (Lipinski definition) is 0. The molecule has 0 aromatic rings. The fraction of sp³-hybridized carbons (Fsp3) is 0.727. The van der Waals surface area contributed by atoms with Crippen molar-refractivity contribution in [1.82, 2.24) is 4.90 Å². The maximum Gasteiger partial charge on any atom is 0.315 e. The molecule has 3 nitrogen and oxygen atoms in total. The molecule has 0 aromatic carbocycles. The van der Waals surface area contributed by atoms with Gasteiger partial charge in [0.2, 0.25) is 0 Å². The molecule has 1 rings (SSSR count). The van der Waals surface area contributed by atoms with E-state index < -0.39 is 0 Å². The van der Waals surface area contributed by atoms with Gasteiger partial charge in [0.05, 0.1) is 12.2 Å². The highest BCUT2D eigenvalue weighted by molar-refractivity contribution is 5.73. The van der Waals surface area contributed by atoms with Crippen molar-refractivity contribution in [2.75, 3.05) is 13.1 Å². The van der Waals surface area contributed by atoms with Gasteiger partial charge in [-0.1, -0.05) is 6.58 Å². The first-order chi connectivity index (χ1) is 6.65. The quantitative estimate of drug-likeness (QED) is 0.510. The topological polar surface area (TPSA) is 29.5 Å². The van der Waals surface area contributed by atoms with Crippen molar-refractivity contribution >= 4 is 5.97 Å². The molecule has 0 saturated carbocycles. The van der Waals surface area contributed by atoms with E-state index in [4.69, 9.17) is 4.74 Å². The third-order valence-electron chi connectivity index (χ3n) is 2.72. The molecule has 0 amide bonds. The van der Waals surface area contributed by atoms with Crippen LogP contribution in [0.2, 0.25) is 0 Å². The summed E-state index contributed by atoms with van der Waals surface area (Å²) in [6.45, 7) is 9.62. The third-order valence-corrected chi connectivity index (χ3v) is 2.72. The number of nitrogens with zero attached hydrogens (tertiary/aromatic N) is 1. The Hall–Kier alpha value is -0.830. The zero-order valence-electron chi connectivity index (χ0n) is 9.03. The highest BCUT2D eigenvalue weighted by atomic mass is 16.5. The van der Waals surface area contributed by atoms with Crippen LogP contribution in [0.25, 0.3) is 0 Å². The number of hydrogen-bond acceptors (Lipinski definition) is 3. The first-order valence-electron chi connectivity index (χ1n) is 5.20. The summed E-state index contributed by atoms with van der Waals surface area (Å²) in [5, 5.41) is 0. The van der Waals surface area contributed by atoms with Gasteiger partial charge in [-0.2, -0.15) is 0 Å². The molecule has 1 unspecified atom stereocenters. The SMILES string of the molecule is C=COC(=O)C1CCCN(C(C)C)C1. The fourth-order valence-electron chi connectivity index (χ4n) is 1.85. The molecule has 14 heavy (non-hydrogen) atoms. The van der Waals surface area contributed by atoms with E-state index in [1.807, 2.05) is 0 Å². The summed E-state index contributed by atoms with van der Waals surface area (Å²) in [4.78, 5) is 13.8. The van der Waals surface area contributed by atoms with E-state index in [-0.39, 0.29) is 11.9 Å². The fourth-order valence-corrected chi connectivity index (χ4v) is 1.85. The second kappa shape index (κ2) is 5.15. The van der Waals surface area contributed by atoms with Gasteiger partial charge in [-0.15, -0.1) is 0 Å². The second-order valence-corrected chi connectivity index (χ2v) is 4.03. The van der Waals surface area contributed by atoms with Crippen LogP contribution in [-0.4, -0.2) is 30.0 Å². The summed E-state index contributed by atoms with van der Waals surface area (Å²) < 4.78 is 4.81. The number of esters is 1. The van der Waals surface area contributed by atoms with Crippen LogP contribution in [0.1, 0.15) is 26.7 Å². The van der Waals surface area contributed by atoms with Crippen LogP contribution in [0, 0.1) is 5.92 Å². The van der Waals surface area contributed by atoms with Gasteiger partial charge < -0.3 is 9.64 Å². The van der Waals surface area contributed by atoms with Crippen molar-refractivity contribution < 1.29 is 9.53 Å². The first kappa shape index (κ1) is 11.2. The standard InChI is InChI=1S/C11H19NO2/c1-4-14-11(13)10-6-5-7-12(8-10)9(2)3/h4,9-10H,1,5-8H2,2-3H3. The maximum atomic E-state index is 11.4. The number of carbonyl (C=O) groups is 1. The Balaban J connectivity index is 2.47. The van der Waals surface area contributed by atoms with E-state index in [1.54, 1.807) is 0 Å². The smallest absolute Gasteiger partial charge is 0.315 e. The van der Waals surface area contributed by atoms with Crippen LogP contribution >= 0.6 is 0 Å². The average Bonchev–Trinajstić information content (AvgIpc) is 2.18. The number of piperidine rings is 1. The molecule has 0 radical (unpaired) electrons. The molecule has 1 aliphatic heterocycles. The molecule has 80 valence electrons. The van der Waals surface area contributed by atoms with Gasteiger partial charge in [0.25, 0.3) is 0 Å². The van der Waals surface area contributed by atoms with Crippen molar-refractivity contribution in [2.45, 2.75) is 32.7 Å². The summed E-state index contributed by atoms with van der Waals surface area (Å²) in [6, 6.07) is 0.509. The Morgan fingerprint density at radius 3 is 2.93 bits per heavy atom. The zero-order chi connectivity index (χ0) is 10.6. The van der Waals surface area contributed by atoms with E-state index in [0.717, 1.165) is 25.9 Å². The van der Waals surface area contributed by atoms with E-state index in [9.17, 15) is 4.79 Å². The van der Waals surface area contributed by atoms with Crippen molar-refractivity contribution in [2.24, 2.45) is 5.92 Å². The molecule has 1 aliphatic rings. The molecule has 1 atom stereocenters. The third kappa shape index (κ3) is 2.84. The van der Waals surface area contributed by atoms with Crippen LogP contribution in [0.4, 0.5) is 0 Å². The summed E-state index contributed by atoms with van der Waals surface area (Å²) in [5.41, 5.74) is 0. The van der Waals surface area contributed by atoms with Crippen LogP contribution in [-0.2, 0) is 9.53 Å². The molecule has 0 spiro atoms. The summed E-state index contributed by atoms with van der Waals surface area (Å²) in [5.74, 6) is -0.102. The molecule has 1 fully saturated rings. The lowest BCUT2D eigenvalue weighted by atomic mass is 9.97. The molecule has 0 aliphatic carbocycles. The maximum absolute atomic E-state index is 11.4. The van der Waals surface area contributed by atoms with E-state index in [2.05, 4.69) is 25.3 Å². The monoisotopic (exact) mass is 197 g/mol. The van der Waals surface area contributed by atoms with Gasteiger partial charge in [-0.3, -0.25) is 4.79 Å². The van der Waals surface area contributed by atoms with Crippen LogP contribution in [0.15, 0.2) is 12.8 Å². The lowest BCUT2D eigenvalue weighted by Crippen LogP contribution is -2.42. The van der Waals surface area contributed by atoms with Crippen LogP contribution in [0.3, 0.4) is 0 Å². The van der Waals surface area contributed by atoms with Gasteiger partial charge in [-0.25, -0.2) is 0 Å². The van der Waals surface area contributed by atoms with Gasteiger partial charge in [0.15, 0.2) is 0 Å². The predicted molar refractivity (Wildman–Crippen MR) is 55.7 cm³/mol. The molecule has 1 saturated heterocycles. The number of carbonyl (C=O) groups excluding carboxylic acids is 1. The Morgan fingerprint density at radius 1 is 1.64 bits per heavy atom. The minimum Gasteiger partial charge on any atom is -0.435 e. The first-order valence-corrected chi connectivity index (χ1v) is 5.20. The van der Waals surface area contributed by atoms with E-state index in [1.165, 1.54) is 6.26 Å². The summed E-state index contributed by atoms with van der Waals surface area (Å²) >= 11 is 0. The molecule has 0 bridgehead atoms. The largest absolute Gasteiger partial charge is 0.435 e. The zero-order valence-corrected chi connectivity index (χ0v) is 9.03. The van der Waals surface area contributed by atoms with E-state index >= 15 is 0 Å². The highest BCUT2D eigenvalue weighted by Gasteiger charge is 2.27. The minimum absolute atomic E-state index is 0.0316. The molecule has 0 aromatic heterocycles. The van der Waals surface area contributed by atoms with Gasteiger partial charge in [0.1, 0.15) is 0 Å². The molecule has 1 heterocycles. The summed E-state index contributed by atoms with van der Waals surface area (Å²) in [7, 11) is 0. The van der Waals surface area contributed by atoms with E-state index in [0.29, 0.717) is 6.04 Å². The number of ether oxygens (including phenoxy) is 1.